The van der Waals surface area contributed by atoms with Crippen molar-refractivity contribution in [3.8, 4) is 0 Å². The Morgan fingerprint density at radius 1 is 1.47 bits per heavy atom. The van der Waals surface area contributed by atoms with E-state index in [0.29, 0.717) is 6.54 Å². The molecule has 1 aromatic rings. The second-order valence-corrected chi connectivity index (χ2v) is 5.47. The molecule has 2 rings (SSSR count). The molecule has 19 heavy (non-hydrogen) atoms. The van der Waals surface area contributed by atoms with Crippen LogP contribution >= 0.6 is 15.9 Å². The van der Waals surface area contributed by atoms with Gasteiger partial charge in [-0.3, -0.25) is 24.5 Å². The van der Waals surface area contributed by atoms with Crippen LogP contribution in [0.2, 0.25) is 0 Å². The zero-order valence-electron chi connectivity index (χ0n) is 11.2. The fourth-order valence-corrected chi connectivity index (χ4v) is 2.89. The van der Waals surface area contributed by atoms with Crippen LogP contribution in [-0.4, -0.2) is 39.1 Å². The van der Waals surface area contributed by atoms with E-state index in [1.165, 1.54) is 0 Å². The van der Waals surface area contributed by atoms with E-state index in [4.69, 9.17) is 0 Å². The number of hydrogen-bond donors (Lipinski definition) is 1. The molecule has 1 aromatic heterocycles. The highest BCUT2D eigenvalue weighted by Gasteiger charge is 2.31. The van der Waals surface area contributed by atoms with Gasteiger partial charge in [0.2, 0.25) is 11.8 Å². The van der Waals surface area contributed by atoms with Crippen molar-refractivity contribution in [1.29, 1.82) is 0 Å². The zero-order chi connectivity index (χ0) is 14.2. The molecular weight excluding hydrogens is 312 g/mol. The molecule has 1 aliphatic rings. The smallest absolute Gasteiger partial charge is 0.243 e. The summed E-state index contributed by atoms with van der Waals surface area (Å²) in [6, 6.07) is -0.315. The van der Waals surface area contributed by atoms with E-state index in [9.17, 15) is 9.59 Å². The number of aromatic nitrogens is 2. The Morgan fingerprint density at radius 3 is 2.74 bits per heavy atom. The number of aryl methyl sites for hydroxylation is 2. The van der Waals surface area contributed by atoms with Crippen molar-refractivity contribution in [1.82, 2.24) is 20.0 Å². The van der Waals surface area contributed by atoms with Crippen LogP contribution in [0, 0.1) is 0 Å². The Labute approximate surface area is 120 Å². The highest BCUT2D eigenvalue weighted by atomic mass is 79.9. The van der Waals surface area contributed by atoms with Crippen molar-refractivity contribution >= 4 is 27.7 Å². The Morgan fingerprint density at radius 2 is 2.16 bits per heavy atom. The number of rotatable bonds is 3. The average Bonchev–Trinajstić information content (AvgIpc) is 2.62. The Hall–Kier alpha value is -1.21. The minimum atomic E-state index is -0.315. The third-order valence-electron chi connectivity index (χ3n) is 3.39. The van der Waals surface area contributed by atoms with Gasteiger partial charge in [0, 0.05) is 13.6 Å². The summed E-state index contributed by atoms with van der Waals surface area (Å²) in [7, 11) is 1.87. The minimum Gasteiger partial charge on any atom is -0.294 e. The third-order valence-corrected chi connectivity index (χ3v) is 4.31. The predicted molar refractivity (Wildman–Crippen MR) is 73.3 cm³/mol. The number of carbonyl (C=O) groups excluding carboxylic acids is 2. The average molecular weight is 329 g/mol. The molecule has 1 aliphatic heterocycles. The number of halogens is 1. The summed E-state index contributed by atoms with van der Waals surface area (Å²) in [6.45, 7) is 4.58. The lowest BCUT2D eigenvalue weighted by molar-refractivity contribution is -0.139. The van der Waals surface area contributed by atoms with Crippen molar-refractivity contribution in [2.75, 3.05) is 6.54 Å². The standard InChI is InChI=1S/C12H17BrN4O2/c1-4-8-11(13)9(16(3)15-8)5-17-6-10(18)14-12(19)7(17)2/h7H,4-6H2,1-3H3,(H,14,18,19). The van der Waals surface area contributed by atoms with Gasteiger partial charge in [-0.05, 0) is 29.3 Å². The van der Waals surface area contributed by atoms with E-state index >= 15 is 0 Å². The molecule has 0 bridgehead atoms. The van der Waals surface area contributed by atoms with Gasteiger partial charge in [0.1, 0.15) is 0 Å². The largest absolute Gasteiger partial charge is 0.294 e. The van der Waals surface area contributed by atoms with Crippen molar-refractivity contribution in [2.45, 2.75) is 32.9 Å². The first-order chi connectivity index (χ1) is 8.93. The van der Waals surface area contributed by atoms with Gasteiger partial charge in [0.05, 0.1) is 28.4 Å². The van der Waals surface area contributed by atoms with Crippen LogP contribution in [0.15, 0.2) is 4.47 Å². The third kappa shape index (κ3) is 2.71. The summed E-state index contributed by atoms with van der Waals surface area (Å²) in [4.78, 5) is 24.9. The van der Waals surface area contributed by atoms with E-state index in [1.54, 1.807) is 11.6 Å². The lowest BCUT2D eigenvalue weighted by Crippen LogP contribution is -2.56. The highest BCUT2D eigenvalue weighted by molar-refractivity contribution is 9.10. The highest BCUT2D eigenvalue weighted by Crippen LogP contribution is 2.24. The van der Waals surface area contributed by atoms with Crippen LogP contribution < -0.4 is 5.32 Å². The van der Waals surface area contributed by atoms with Gasteiger partial charge in [-0.2, -0.15) is 5.10 Å². The molecule has 0 aliphatic carbocycles. The SMILES string of the molecule is CCc1nn(C)c(CN2CC(=O)NC(=O)C2C)c1Br. The summed E-state index contributed by atoms with van der Waals surface area (Å²) in [6.07, 6.45) is 0.837. The van der Waals surface area contributed by atoms with Crippen molar-refractivity contribution < 1.29 is 9.59 Å². The molecule has 104 valence electrons. The first kappa shape index (κ1) is 14.2. The van der Waals surface area contributed by atoms with Crippen molar-refractivity contribution in [2.24, 2.45) is 7.05 Å². The second-order valence-electron chi connectivity index (χ2n) is 4.68. The van der Waals surface area contributed by atoms with E-state index in [2.05, 4.69) is 26.3 Å². The number of nitrogens with one attached hydrogen (secondary N) is 1. The van der Waals surface area contributed by atoms with Crippen LogP contribution in [0.5, 0.6) is 0 Å². The number of carbonyl (C=O) groups is 2. The van der Waals surface area contributed by atoms with Gasteiger partial charge in [-0.25, -0.2) is 0 Å². The number of piperazine rings is 1. The van der Waals surface area contributed by atoms with E-state index in [-0.39, 0.29) is 24.4 Å². The van der Waals surface area contributed by atoms with Gasteiger partial charge in [0.25, 0.3) is 0 Å². The summed E-state index contributed by atoms with van der Waals surface area (Å²) in [5.41, 5.74) is 1.96. The molecule has 1 atom stereocenters. The number of nitrogens with zero attached hydrogens (tertiary/aromatic N) is 3. The van der Waals surface area contributed by atoms with Crippen LogP contribution in [0.25, 0.3) is 0 Å². The van der Waals surface area contributed by atoms with E-state index < -0.39 is 0 Å². The van der Waals surface area contributed by atoms with Crippen LogP contribution in [-0.2, 0) is 29.6 Å². The number of imide groups is 1. The van der Waals surface area contributed by atoms with Crippen molar-refractivity contribution in [3.63, 3.8) is 0 Å². The van der Waals surface area contributed by atoms with Crippen LogP contribution in [0.1, 0.15) is 25.2 Å². The Balaban J connectivity index is 2.23. The number of amides is 2. The molecule has 0 spiro atoms. The molecule has 7 heteroatoms. The monoisotopic (exact) mass is 328 g/mol. The second kappa shape index (κ2) is 5.42. The Bertz CT molecular complexity index is 526. The summed E-state index contributed by atoms with van der Waals surface area (Å²) < 4.78 is 2.76. The predicted octanol–water partition coefficient (Wildman–Crippen LogP) is 0.592. The van der Waals surface area contributed by atoms with Crippen molar-refractivity contribution in [3.05, 3.63) is 15.9 Å². The first-order valence-corrected chi connectivity index (χ1v) is 7.01. The zero-order valence-corrected chi connectivity index (χ0v) is 12.8. The topological polar surface area (TPSA) is 67.2 Å². The molecule has 1 unspecified atom stereocenters. The first-order valence-electron chi connectivity index (χ1n) is 6.22. The normalized spacial score (nSPS) is 20.7. The molecule has 0 radical (unpaired) electrons. The maximum atomic E-state index is 11.6. The molecule has 0 saturated carbocycles. The molecule has 1 saturated heterocycles. The molecule has 2 heterocycles. The lowest BCUT2D eigenvalue weighted by atomic mass is 10.2. The van der Waals surface area contributed by atoms with Gasteiger partial charge in [0.15, 0.2) is 0 Å². The molecule has 6 nitrogen and oxygen atoms in total. The molecule has 1 N–H and O–H groups in total. The van der Waals surface area contributed by atoms with Crippen LogP contribution in [0.3, 0.4) is 0 Å². The fraction of sp³-hybridized carbons (Fsp3) is 0.583. The molecular formula is C12H17BrN4O2. The van der Waals surface area contributed by atoms with E-state index in [1.807, 2.05) is 18.9 Å². The minimum absolute atomic E-state index is 0.228. The summed E-state index contributed by atoms with van der Waals surface area (Å²) >= 11 is 3.54. The molecule has 0 aromatic carbocycles. The Kier molecular flexibility index (Phi) is 4.05. The van der Waals surface area contributed by atoms with Gasteiger partial charge in [-0.15, -0.1) is 0 Å². The quantitative estimate of drug-likeness (QED) is 0.825. The lowest BCUT2D eigenvalue weighted by Gasteiger charge is -2.31. The molecule has 2 amide bonds. The maximum Gasteiger partial charge on any atom is 0.243 e. The van der Waals surface area contributed by atoms with Gasteiger partial charge >= 0.3 is 0 Å². The summed E-state index contributed by atoms with van der Waals surface area (Å²) in [5, 5.41) is 6.75. The van der Waals surface area contributed by atoms with Gasteiger partial charge in [-0.1, -0.05) is 6.92 Å². The maximum absolute atomic E-state index is 11.6. The van der Waals surface area contributed by atoms with Gasteiger partial charge < -0.3 is 0 Å². The van der Waals surface area contributed by atoms with Crippen LogP contribution in [0.4, 0.5) is 0 Å². The van der Waals surface area contributed by atoms with E-state index in [0.717, 1.165) is 22.3 Å². The molecule has 1 fully saturated rings. The summed E-state index contributed by atoms with van der Waals surface area (Å²) in [5.74, 6) is -0.498. The fourth-order valence-electron chi connectivity index (χ4n) is 2.15. The number of hydrogen-bond acceptors (Lipinski definition) is 4.